The molecule has 1 saturated heterocycles. The summed E-state index contributed by atoms with van der Waals surface area (Å²) in [7, 11) is 2.10. The van der Waals surface area contributed by atoms with E-state index in [0.717, 1.165) is 39.0 Å². The van der Waals surface area contributed by atoms with Crippen molar-refractivity contribution in [2.75, 3.05) is 26.7 Å². The predicted molar refractivity (Wildman–Crippen MR) is 58.8 cm³/mol. The molecular formula is C12H21NO2. The summed E-state index contributed by atoms with van der Waals surface area (Å²) in [6.07, 6.45) is 5.78. The quantitative estimate of drug-likeness (QED) is 0.705. The molecule has 2 rings (SSSR count). The molecule has 0 spiro atoms. The topological polar surface area (TPSA) is 29.5 Å². The Bertz CT molecular complexity index is 224. The van der Waals surface area contributed by atoms with E-state index in [1.54, 1.807) is 0 Å². The number of Topliss-reactive ketones (excluding diaryl/α,β-unsaturated/α-hetero) is 1. The van der Waals surface area contributed by atoms with Gasteiger partial charge in [0, 0.05) is 32.0 Å². The van der Waals surface area contributed by atoms with Crippen molar-refractivity contribution in [1.82, 2.24) is 4.90 Å². The first kappa shape index (κ1) is 11.1. The summed E-state index contributed by atoms with van der Waals surface area (Å²) < 4.78 is 5.59. The van der Waals surface area contributed by atoms with Crippen molar-refractivity contribution in [2.24, 2.45) is 5.92 Å². The maximum atomic E-state index is 11.5. The van der Waals surface area contributed by atoms with Gasteiger partial charge in [-0.1, -0.05) is 0 Å². The van der Waals surface area contributed by atoms with Gasteiger partial charge in [0.25, 0.3) is 0 Å². The summed E-state index contributed by atoms with van der Waals surface area (Å²) in [6.45, 7) is 2.84. The maximum absolute atomic E-state index is 11.5. The average Bonchev–Trinajstić information content (AvgIpc) is 2.79. The Hall–Kier alpha value is -0.410. The van der Waals surface area contributed by atoms with E-state index in [1.807, 2.05) is 0 Å². The van der Waals surface area contributed by atoms with E-state index in [4.69, 9.17) is 4.74 Å². The van der Waals surface area contributed by atoms with Crippen LogP contribution in [0.3, 0.4) is 0 Å². The van der Waals surface area contributed by atoms with Crippen LogP contribution in [-0.4, -0.2) is 43.5 Å². The Kier molecular flexibility index (Phi) is 3.76. The van der Waals surface area contributed by atoms with Crippen molar-refractivity contribution < 1.29 is 9.53 Å². The first-order valence-corrected chi connectivity index (χ1v) is 6.08. The van der Waals surface area contributed by atoms with E-state index in [2.05, 4.69) is 11.9 Å². The highest BCUT2D eigenvalue weighted by Crippen LogP contribution is 2.22. The normalized spacial score (nSPS) is 31.7. The molecule has 0 amide bonds. The third-order valence-electron chi connectivity index (χ3n) is 3.50. The number of ketones is 1. The lowest BCUT2D eigenvalue weighted by Gasteiger charge is -2.22. The monoisotopic (exact) mass is 211 g/mol. The van der Waals surface area contributed by atoms with Crippen LogP contribution in [0.2, 0.25) is 0 Å². The third-order valence-corrected chi connectivity index (χ3v) is 3.50. The molecular weight excluding hydrogens is 190 g/mol. The molecule has 0 N–H and O–H groups in total. The lowest BCUT2D eigenvalue weighted by molar-refractivity contribution is -0.121. The Morgan fingerprint density at radius 2 is 2.20 bits per heavy atom. The predicted octanol–water partition coefficient (Wildman–Crippen LogP) is 1.47. The second-order valence-electron chi connectivity index (χ2n) is 4.91. The molecule has 2 fully saturated rings. The molecule has 0 aromatic carbocycles. The lowest BCUT2D eigenvalue weighted by atomic mass is 10.1. The first-order chi connectivity index (χ1) is 7.25. The molecule has 2 atom stereocenters. The van der Waals surface area contributed by atoms with E-state index in [-0.39, 0.29) is 0 Å². The van der Waals surface area contributed by atoms with Gasteiger partial charge in [-0.3, -0.25) is 4.79 Å². The molecule has 86 valence electrons. The van der Waals surface area contributed by atoms with Crippen LogP contribution in [0, 0.1) is 5.92 Å². The van der Waals surface area contributed by atoms with Gasteiger partial charge in [-0.15, -0.1) is 0 Å². The molecule has 1 heterocycles. The maximum Gasteiger partial charge on any atom is 0.137 e. The minimum atomic E-state index is 0.302. The van der Waals surface area contributed by atoms with Crippen molar-refractivity contribution in [3.8, 4) is 0 Å². The molecule has 1 aliphatic carbocycles. The van der Waals surface area contributed by atoms with Crippen LogP contribution in [0.25, 0.3) is 0 Å². The Balaban J connectivity index is 1.71. The summed E-state index contributed by atoms with van der Waals surface area (Å²) in [5.74, 6) is 0.769. The minimum Gasteiger partial charge on any atom is -0.377 e. The van der Waals surface area contributed by atoms with Crippen LogP contribution in [0.15, 0.2) is 0 Å². The molecule has 0 aromatic heterocycles. The van der Waals surface area contributed by atoms with Gasteiger partial charge in [0.1, 0.15) is 5.78 Å². The van der Waals surface area contributed by atoms with Crippen LogP contribution >= 0.6 is 0 Å². The summed E-state index contributed by atoms with van der Waals surface area (Å²) in [6, 6.07) is 0. The Morgan fingerprint density at radius 3 is 2.80 bits per heavy atom. The zero-order chi connectivity index (χ0) is 10.7. The molecule has 1 saturated carbocycles. The zero-order valence-electron chi connectivity index (χ0n) is 9.58. The van der Waals surface area contributed by atoms with Gasteiger partial charge in [0.15, 0.2) is 0 Å². The zero-order valence-corrected chi connectivity index (χ0v) is 9.58. The summed E-state index contributed by atoms with van der Waals surface area (Å²) in [5.41, 5.74) is 0. The number of carbonyl (C=O) groups is 1. The van der Waals surface area contributed by atoms with Crippen LogP contribution in [0.1, 0.15) is 32.1 Å². The number of hydrogen-bond donors (Lipinski definition) is 0. The van der Waals surface area contributed by atoms with Crippen LogP contribution in [-0.2, 0) is 9.53 Å². The highest BCUT2D eigenvalue weighted by atomic mass is 16.5. The van der Waals surface area contributed by atoms with Gasteiger partial charge in [-0.2, -0.15) is 0 Å². The smallest absolute Gasteiger partial charge is 0.137 e. The Labute approximate surface area is 91.8 Å². The van der Waals surface area contributed by atoms with Gasteiger partial charge in [0.2, 0.25) is 0 Å². The van der Waals surface area contributed by atoms with E-state index in [0.29, 0.717) is 17.8 Å². The largest absolute Gasteiger partial charge is 0.377 e. The summed E-state index contributed by atoms with van der Waals surface area (Å²) in [4.78, 5) is 13.8. The van der Waals surface area contributed by atoms with Gasteiger partial charge in [-0.25, -0.2) is 0 Å². The van der Waals surface area contributed by atoms with E-state index < -0.39 is 0 Å². The SMILES string of the molecule is CN(CC1CCCO1)CC1CCCC1=O. The number of hydrogen-bond acceptors (Lipinski definition) is 3. The van der Waals surface area contributed by atoms with Crippen molar-refractivity contribution in [3.05, 3.63) is 0 Å². The van der Waals surface area contributed by atoms with Gasteiger partial charge < -0.3 is 9.64 Å². The van der Waals surface area contributed by atoms with Crippen molar-refractivity contribution >= 4 is 5.78 Å². The fraction of sp³-hybridized carbons (Fsp3) is 0.917. The van der Waals surface area contributed by atoms with Crippen LogP contribution < -0.4 is 0 Å². The van der Waals surface area contributed by atoms with Crippen molar-refractivity contribution in [2.45, 2.75) is 38.2 Å². The first-order valence-electron chi connectivity index (χ1n) is 6.08. The second kappa shape index (κ2) is 5.08. The number of likely N-dealkylation sites (N-methyl/N-ethyl adjacent to an activating group) is 1. The Morgan fingerprint density at radius 1 is 1.33 bits per heavy atom. The van der Waals surface area contributed by atoms with Crippen molar-refractivity contribution in [1.29, 1.82) is 0 Å². The molecule has 3 heteroatoms. The summed E-state index contributed by atoms with van der Waals surface area (Å²) in [5, 5.41) is 0. The van der Waals surface area contributed by atoms with Crippen LogP contribution in [0.4, 0.5) is 0 Å². The molecule has 2 aliphatic rings. The average molecular weight is 211 g/mol. The van der Waals surface area contributed by atoms with Crippen molar-refractivity contribution in [3.63, 3.8) is 0 Å². The fourth-order valence-corrected chi connectivity index (χ4v) is 2.67. The number of rotatable bonds is 4. The highest BCUT2D eigenvalue weighted by molar-refractivity contribution is 5.83. The van der Waals surface area contributed by atoms with Gasteiger partial charge in [-0.05, 0) is 32.7 Å². The van der Waals surface area contributed by atoms with E-state index in [9.17, 15) is 4.79 Å². The minimum absolute atomic E-state index is 0.302. The molecule has 15 heavy (non-hydrogen) atoms. The lowest BCUT2D eigenvalue weighted by Crippen LogP contribution is -2.33. The molecule has 0 aromatic rings. The molecule has 0 radical (unpaired) electrons. The molecule has 1 aliphatic heterocycles. The number of nitrogens with zero attached hydrogens (tertiary/aromatic N) is 1. The van der Waals surface area contributed by atoms with E-state index in [1.165, 1.54) is 12.8 Å². The van der Waals surface area contributed by atoms with Gasteiger partial charge >= 0.3 is 0 Å². The second-order valence-corrected chi connectivity index (χ2v) is 4.91. The molecule has 2 unspecified atom stereocenters. The molecule has 0 bridgehead atoms. The summed E-state index contributed by atoms with van der Waals surface area (Å²) >= 11 is 0. The fourth-order valence-electron chi connectivity index (χ4n) is 2.67. The number of ether oxygens (including phenoxy) is 1. The van der Waals surface area contributed by atoms with Gasteiger partial charge in [0.05, 0.1) is 6.10 Å². The molecule has 3 nitrogen and oxygen atoms in total. The third kappa shape index (κ3) is 3.02. The van der Waals surface area contributed by atoms with Crippen LogP contribution in [0.5, 0.6) is 0 Å². The highest BCUT2D eigenvalue weighted by Gasteiger charge is 2.26. The number of carbonyl (C=O) groups excluding carboxylic acids is 1. The van der Waals surface area contributed by atoms with E-state index >= 15 is 0 Å². The standard InChI is InChI=1S/C12H21NO2/c1-13(9-11-5-3-7-15-11)8-10-4-2-6-12(10)14/h10-11H,2-9H2,1H3.